The van der Waals surface area contributed by atoms with E-state index >= 15 is 0 Å². The highest BCUT2D eigenvalue weighted by atomic mass is 16.5. The van der Waals surface area contributed by atoms with Gasteiger partial charge in [0.2, 0.25) is 5.91 Å². The van der Waals surface area contributed by atoms with E-state index in [1.165, 1.54) is 11.3 Å². The van der Waals surface area contributed by atoms with Crippen molar-refractivity contribution >= 4 is 17.3 Å². The molecule has 1 fully saturated rings. The van der Waals surface area contributed by atoms with Crippen molar-refractivity contribution in [1.29, 1.82) is 0 Å². The van der Waals surface area contributed by atoms with Crippen LogP contribution >= 0.6 is 0 Å². The van der Waals surface area contributed by atoms with E-state index in [1.807, 2.05) is 0 Å². The second-order valence-corrected chi connectivity index (χ2v) is 8.37. The molecule has 2 heterocycles. The molecule has 1 saturated heterocycles. The Labute approximate surface area is 173 Å². The minimum Gasteiger partial charge on any atom is -0.381 e. The molecule has 4 rings (SSSR count). The Bertz CT molecular complexity index is 805. The third-order valence-corrected chi connectivity index (χ3v) is 5.79. The summed E-state index contributed by atoms with van der Waals surface area (Å²) in [6.07, 6.45) is 1.04. The summed E-state index contributed by atoms with van der Waals surface area (Å²) >= 11 is 0. The van der Waals surface area contributed by atoms with Crippen LogP contribution in [0.2, 0.25) is 0 Å². The summed E-state index contributed by atoms with van der Waals surface area (Å²) < 4.78 is 5.41. The fraction of sp³-hybridized carbons (Fsp3) is 0.458. The molecule has 2 aromatic rings. The van der Waals surface area contributed by atoms with Crippen LogP contribution in [-0.4, -0.2) is 45.3 Å². The summed E-state index contributed by atoms with van der Waals surface area (Å²) in [7, 11) is 0. The monoisotopic (exact) mass is 393 g/mol. The van der Waals surface area contributed by atoms with Gasteiger partial charge in [-0.15, -0.1) is 0 Å². The van der Waals surface area contributed by atoms with Gasteiger partial charge in [-0.3, -0.25) is 4.79 Å². The number of carbonyl (C=O) groups excluding carboxylic acids is 1. The number of nitrogens with one attached hydrogen (secondary N) is 1. The Morgan fingerprint density at radius 1 is 1.03 bits per heavy atom. The van der Waals surface area contributed by atoms with Crippen LogP contribution in [0, 0.1) is 11.8 Å². The van der Waals surface area contributed by atoms with Gasteiger partial charge in [0, 0.05) is 38.7 Å². The number of benzene rings is 2. The smallest absolute Gasteiger partial charge is 0.239 e. The molecule has 0 aromatic heterocycles. The van der Waals surface area contributed by atoms with Crippen LogP contribution in [-0.2, 0) is 16.1 Å². The molecule has 1 N–H and O–H groups in total. The zero-order valence-electron chi connectivity index (χ0n) is 17.2. The zero-order chi connectivity index (χ0) is 20.1. The van der Waals surface area contributed by atoms with Gasteiger partial charge in [-0.05, 0) is 30.0 Å². The minimum absolute atomic E-state index is 0.0930. The average Bonchev–Trinajstić information content (AvgIpc) is 3.22. The Morgan fingerprint density at radius 3 is 2.45 bits per heavy atom. The van der Waals surface area contributed by atoms with E-state index in [0.29, 0.717) is 24.9 Å². The highest BCUT2D eigenvalue weighted by molar-refractivity contribution is 5.84. The summed E-state index contributed by atoms with van der Waals surface area (Å²) in [5, 5.41) is 3.11. The molecule has 0 saturated carbocycles. The second kappa shape index (κ2) is 9.31. The highest BCUT2D eigenvalue weighted by Crippen LogP contribution is 2.34. The summed E-state index contributed by atoms with van der Waals surface area (Å²) in [6.45, 7) is 7.69. The Hall–Kier alpha value is -2.53. The molecule has 0 aliphatic carbocycles. The molecule has 1 amide bonds. The molecule has 2 aliphatic heterocycles. The molecule has 2 atom stereocenters. The molecular formula is C24H31N3O2. The van der Waals surface area contributed by atoms with Crippen molar-refractivity contribution in [2.75, 3.05) is 49.2 Å². The van der Waals surface area contributed by atoms with Crippen LogP contribution in [0.3, 0.4) is 0 Å². The van der Waals surface area contributed by atoms with E-state index in [9.17, 15) is 4.79 Å². The maximum atomic E-state index is 12.7. The maximum Gasteiger partial charge on any atom is 0.239 e. The first-order valence-corrected chi connectivity index (χ1v) is 10.7. The molecule has 0 bridgehead atoms. The summed E-state index contributed by atoms with van der Waals surface area (Å²) in [4.78, 5) is 17.4. The lowest BCUT2D eigenvalue weighted by Crippen LogP contribution is -2.41. The van der Waals surface area contributed by atoms with Crippen molar-refractivity contribution in [3.05, 3.63) is 60.2 Å². The van der Waals surface area contributed by atoms with E-state index in [2.05, 4.69) is 76.6 Å². The third kappa shape index (κ3) is 5.10. The molecule has 2 unspecified atom stereocenters. The van der Waals surface area contributed by atoms with Crippen molar-refractivity contribution in [2.24, 2.45) is 11.8 Å². The SMILES string of the molecule is CC1CN(CC(=O)NCC2CCOC2)c2ccccc2N(Cc2ccccc2)C1. The Kier molecular flexibility index (Phi) is 6.35. The van der Waals surface area contributed by atoms with Crippen LogP contribution in [0.5, 0.6) is 0 Å². The third-order valence-electron chi connectivity index (χ3n) is 5.79. The summed E-state index contributed by atoms with van der Waals surface area (Å²) in [5.41, 5.74) is 3.66. The van der Waals surface area contributed by atoms with Gasteiger partial charge in [-0.2, -0.15) is 0 Å². The van der Waals surface area contributed by atoms with E-state index in [-0.39, 0.29) is 5.91 Å². The van der Waals surface area contributed by atoms with Crippen LogP contribution in [0.4, 0.5) is 11.4 Å². The molecule has 29 heavy (non-hydrogen) atoms. The van der Waals surface area contributed by atoms with Gasteiger partial charge < -0.3 is 19.9 Å². The number of hydrogen-bond donors (Lipinski definition) is 1. The first-order valence-electron chi connectivity index (χ1n) is 10.7. The number of rotatable bonds is 6. The van der Waals surface area contributed by atoms with E-state index in [0.717, 1.165) is 45.0 Å². The average molecular weight is 394 g/mol. The lowest BCUT2D eigenvalue weighted by Gasteiger charge is -2.27. The number of anilines is 2. The number of para-hydroxylation sites is 2. The number of ether oxygens (including phenoxy) is 1. The van der Waals surface area contributed by atoms with E-state index in [4.69, 9.17) is 4.74 Å². The van der Waals surface area contributed by atoms with Gasteiger partial charge >= 0.3 is 0 Å². The molecule has 154 valence electrons. The Morgan fingerprint density at radius 2 is 1.72 bits per heavy atom. The molecule has 2 aromatic carbocycles. The molecule has 5 nitrogen and oxygen atoms in total. The van der Waals surface area contributed by atoms with Gasteiger partial charge in [0.15, 0.2) is 0 Å². The molecule has 5 heteroatoms. The topological polar surface area (TPSA) is 44.8 Å². The van der Waals surface area contributed by atoms with Gasteiger partial charge in [0.25, 0.3) is 0 Å². The zero-order valence-corrected chi connectivity index (χ0v) is 17.2. The molecular weight excluding hydrogens is 362 g/mol. The van der Waals surface area contributed by atoms with Crippen molar-refractivity contribution in [3.8, 4) is 0 Å². The number of carbonyl (C=O) groups is 1. The Balaban J connectivity index is 1.48. The molecule has 2 aliphatic rings. The maximum absolute atomic E-state index is 12.7. The standard InChI is InChI=1S/C24H31N3O2/c1-19-14-26(16-20-7-3-2-4-8-20)22-9-5-6-10-23(22)27(15-19)17-24(28)25-13-21-11-12-29-18-21/h2-10,19,21H,11-18H2,1H3,(H,25,28). The number of fused-ring (bicyclic) bond motifs is 1. The van der Waals surface area contributed by atoms with Crippen LogP contribution in [0.1, 0.15) is 18.9 Å². The summed E-state index contributed by atoms with van der Waals surface area (Å²) in [5.74, 6) is 1.01. The minimum atomic E-state index is 0.0930. The van der Waals surface area contributed by atoms with Gasteiger partial charge in [0.1, 0.15) is 0 Å². The number of hydrogen-bond acceptors (Lipinski definition) is 4. The van der Waals surface area contributed by atoms with Crippen LogP contribution < -0.4 is 15.1 Å². The summed E-state index contributed by atoms with van der Waals surface area (Å²) in [6, 6.07) is 19.1. The van der Waals surface area contributed by atoms with Crippen LogP contribution in [0.15, 0.2) is 54.6 Å². The van der Waals surface area contributed by atoms with E-state index < -0.39 is 0 Å². The van der Waals surface area contributed by atoms with Gasteiger partial charge in [-0.1, -0.05) is 49.4 Å². The number of amides is 1. The van der Waals surface area contributed by atoms with Gasteiger partial charge in [0.05, 0.1) is 24.5 Å². The fourth-order valence-electron chi connectivity index (χ4n) is 4.34. The predicted molar refractivity (Wildman–Crippen MR) is 117 cm³/mol. The van der Waals surface area contributed by atoms with Crippen LogP contribution in [0.25, 0.3) is 0 Å². The largest absolute Gasteiger partial charge is 0.381 e. The quantitative estimate of drug-likeness (QED) is 0.818. The normalized spacial score (nSPS) is 21.6. The first kappa shape index (κ1) is 19.8. The van der Waals surface area contributed by atoms with E-state index in [1.54, 1.807) is 0 Å². The van der Waals surface area contributed by atoms with Gasteiger partial charge in [-0.25, -0.2) is 0 Å². The lowest BCUT2D eigenvalue weighted by atomic mass is 10.1. The molecule has 0 radical (unpaired) electrons. The van der Waals surface area contributed by atoms with Crippen molar-refractivity contribution in [3.63, 3.8) is 0 Å². The lowest BCUT2D eigenvalue weighted by molar-refractivity contribution is -0.120. The fourth-order valence-corrected chi connectivity index (χ4v) is 4.34. The van der Waals surface area contributed by atoms with Crippen molar-refractivity contribution < 1.29 is 9.53 Å². The molecule has 0 spiro atoms. The van der Waals surface area contributed by atoms with Crippen molar-refractivity contribution in [2.45, 2.75) is 19.9 Å². The predicted octanol–water partition coefficient (Wildman–Crippen LogP) is 3.30. The van der Waals surface area contributed by atoms with Crippen molar-refractivity contribution in [1.82, 2.24) is 5.32 Å². The number of nitrogens with zero attached hydrogens (tertiary/aromatic N) is 2. The first-order chi connectivity index (χ1) is 14.2. The highest BCUT2D eigenvalue weighted by Gasteiger charge is 2.26. The second-order valence-electron chi connectivity index (χ2n) is 8.37.